The summed E-state index contributed by atoms with van der Waals surface area (Å²) in [6.07, 6.45) is 5.40. The van der Waals surface area contributed by atoms with Crippen molar-refractivity contribution >= 4 is 5.95 Å². The Morgan fingerprint density at radius 2 is 2.14 bits per heavy atom. The fourth-order valence-electron chi connectivity index (χ4n) is 2.13. The normalized spacial score (nSPS) is 19.9. The number of anilines is 1. The number of rotatable bonds is 3. The molecule has 0 radical (unpaired) electrons. The lowest BCUT2D eigenvalue weighted by atomic mass is 10.0. The second-order valence-corrected chi connectivity index (χ2v) is 4.10. The van der Waals surface area contributed by atoms with Crippen LogP contribution in [0, 0.1) is 5.92 Å². The number of nitrogens with one attached hydrogen (secondary N) is 1. The minimum absolute atomic E-state index is 0.474. The van der Waals surface area contributed by atoms with E-state index in [4.69, 9.17) is 0 Å². The van der Waals surface area contributed by atoms with Crippen LogP contribution < -0.4 is 5.32 Å². The second kappa shape index (κ2) is 3.94. The van der Waals surface area contributed by atoms with Crippen molar-refractivity contribution in [2.24, 2.45) is 13.0 Å². The van der Waals surface area contributed by atoms with Crippen molar-refractivity contribution in [3.8, 4) is 0 Å². The highest BCUT2D eigenvalue weighted by atomic mass is 15.6. The predicted octanol–water partition coefficient (Wildman–Crippen LogP) is 1.20. The zero-order chi connectivity index (χ0) is 9.97. The van der Waals surface area contributed by atoms with Gasteiger partial charge in [-0.25, -0.2) is 4.68 Å². The molecule has 5 nitrogen and oxygen atoms in total. The van der Waals surface area contributed by atoms with Gasteiger partial charge in [-0.05, 0) is 36.1 Å². The van der Waals surface area contributed by atoms with Gasteiger partial charge in [-0.15, -0.1) is 0 Å². The molecule has 0 bridgehead atoms. The monoisotopic (exact) mass is 195 g/mol. The van der Waals surface area contributed by atoms with Gasteiger partial charge in [0.05, 0.1) is 0 Å². The second-order valence-electron chi connectivity index (χ2n) is 4.10. The fourth-order valence-corrected chi connectivity index (χ4v) is 2.13. The number of aromatic nitrogens is 4. The van der Waals surface area contributed by atoms with Crippen LogP contribution in [0.3, 0.4) is 0 Å². The fraction of sp³-hybridized carbons (Fsp3) is 0.889. The molecule has 14 heavy (non-hydrogen) atoms. The van der Waals surface area contributed by atoms with Crippen molar-refractivity contribution in [2.75, 3.05) is 5.32 Å². The van der Waals surface area contributed by atoms with Crippen LogP contribution in [-0.4, -0.2) is 26.2 Å². The Morgan fingerprint density at radius 3 is 2.71 bits per heavy atom. The van der Waals surface area contributed by atoms with Crippen LogP contribution in [0.2, 0.25) is 0 Å². The summed E-state index contributed by atoms with van der Waals surface area (Å²) < 4.78 is 1.67. The van der Waals surface area contributed by atoms with Gasteiger partial charge in [-0.2, -0.15) is 0 Å². The molecule has 1 saturated carbocycles. The molecule has 1 aliphatic rings. The summed E-state index contributed by atoms with van der Waals surface area (Å²) in [5.41, 5.74) is 0. The molecular formula is C9H17N5. The maximum Gasteiger partial charge on any atom is 0.242 e. The molecule has 1 heterocycles. The molecule has 1 N–H and O–H groups in total. The Kier molecular flexibility index (Phi) is 2.65. The van der Waals surface area contributed by atoms with Crippen molar-refractivity contribution in [1.29, 1.82) is 0 Å². The van der Waals surface area contributed by atoms with E-state index in [1.165, 1.54) is 25.7 Å². The van der Waals surface area contributed by atoms with Crippen LogP contribution in [-0.2, 0) is 7.05 Å². The smallest absolute Gasteiger partial charge is 0.242 e. The lowest BCUT2D eigenvalue weighted by Gasteiger charge is -2.19. The average molecular weight is 195 g/mol. The largest absolute Gasteiger partial charge is 0.350 e. The minimum atomic E-state index is 0.474. The molecule has 78 valence electrons. The summed E-state index contributed by atoms with van der Waals surface area (Å²) >= 11 is 0. The minimum Gasteiger partial charge on any atom is -0.350 e. The van der Waals surface area contributed by atoms with E-state index in [2.05, 4.69) is 27.8 Å². The predicted molar refractivity (Wildman–Crippen MR) is 53.8 cm³/mol. The van der Waals surface area contributed by atoms with E-state index in [1.54, 1.807) is 4.68 Å². The van der Waals surface area contributed by atoms with Crippen LogP contribution in [0.15, 0.2) is 0 Å². The van der Waals surface area contributed by atoms with Gasteiger partial charge in [0.25, 0.3) is 0 Å². The van der Waals surface area contributed by atoms with Crippen LogP contribution in [0.4, 0.5) is 5.95 Å². The summed E-state index contributed by atoms with van der Waals surface area (Å²) in [5, 5.41) is 14.7. The lowest BCUT2D eigenvalue weighted by Crippen LogP contribution is -2.25. The summed E-state index contributed by atoms with van der Waals surface area (Å²) in [5.74, 6) is 1.55. The van der Waals surface area contributed by atoms with Crippen LogP contribution in [0.25, 0.3) is 0 Å². The molecule has 2 rings (SSSR count). The first-order valence-electron chi connectivity index (χ1n) is 5.26. The molecule has 1 aromatic rings. The number of tetrazole rings is 1. The Bertz CT molecular complexity index is 289. The highest BCUT2D eigenvalue weighted by molar-refractivity contribution is 5.23. The molecule has 1 fully saturated rings. The molecule has 1 aromatic heterocycles. The van der Waals surface area contributed by atoms with Crippen LogP contribution >= 0.6 is 0 Å². The van der Waals surface area contributed by atoms with Crippen LogP contribution in [0.5, 0.6) is 0 Å². The molecule has 0 aromatic carbocycles. The third kappa shape index (κ3) is 1.86. The topological polar surface area (TPSA) is 55.6 Å². The number of hydrogen-bond donors (Lipinski definition) is 1. The van der Waals surface area contributed by atoms with Gasteiger partial charge in [0, 0.05) is 13.1 Å². The zero-order valence-corrected chi connectivity index (χ0v) is 8.77. The first-order valence-corrected chi connectivity index (χ1v) is 5.26. The molecule has 0 amide bonds. The molecule has 5 heteroatoms. The summed E-state index contributed by atoms with van der Waals surface area (Å²) in [4.78, 5) is 0. The van der Waals surface area contributed by atoms with Gasteiger partial charge in [-0.3, -0.25) is 0 Å². The van der Waals surface area contributed by atoms with Crippen LogP contribution in [0.1, 0.15) is 32.6 Å². The van der Waals surface area contributed by atoms with Gasteiger partial charge in [0.2, 0.25) is 5.95 Å². The molecule has 1 unspecified atom stereocenters. The Labute approximate surface area is 83.9 Å². The Hall–Kier alpha value is -1.13. The first kappa shape index (κ1) is 9.43. The van der Waals surface area contributed by atoms with Crippen molar-refractivity contribution < 1.29 is 0 Å². The van der Waals surface area contributed by atoms with Crippen molar-refractivity contribution in [2.45, 2.75) is 38.6 Å². The molecule has 1 atom stereocenters. The van der Waals surface area contributed by atoms with Gasteiger partial charge in [0.15, 0.2) is 0 Å². The van der Waals surface area contributed by atoms with E-state index in [0.29, 0.717) is 6.04 Å². The van der Waals surface area contributed by atoms with E-state index in [1.807, 2.05) is 7.05 Å². The maximum atomic E-state index is 3.92. The van der Waals surface area contributed by atoms with E-state index < -0.39 is 0 Å². The number of aryl methyl sites for hydroxylation is 1. The standard InChI is InChI=1S/C9H17N5/c1-7(8-5-3-4-6-8)10-9-11-12-13-14(9)2/h7-8H,3-6H2,1-2H3,(H,10,11,13). The quantitative estimate of drug-likeness (QED) is 0.787. The maximum absolute atomic E-state index is 3.92. The third-order valence-electron chi connectivity index (χ3n) is 3.08. The van der Waals surface area contributed by atoms with E-state index >= 15 is 0 Å². The SMILES string of the molecule is CC(Nc1nnnn1C)C1CCCC1. The highest BCUT2D eigenvalue weighted by Gasteiger charge is 2.22. The Morgan fingerprint density at radius 1 is 1.43 bits per heavy atom. The molecule has 0 spiro atoms. The summed E-state index contributed by atoms with van der Waals surface area (Å²) in [7, 11) is 1.85. The zero-order valence-electron chi connectivity index (χ0n) is 8.77. The average Bonchev–Trinajstić information content (AvgIpc) is 2.77. The van der Waals surface area contributed by atoms with Crippen molar-refractivity contribution in [3.63, 3.8) is 0 Å². The van der Waals surface area contributed by atoms with Gasteiger partial charge < -0.3 is 5.32 Å². The third-order valence-corrected chi connectivity index (χ3v) is 3.08. The first-order chi connectivity index (χ1) is 6.77. The van der Waals surface area contributed by atoms with Gasteiger partial charge >= 0.3 is 0 Å². The Balaban J connectivity index is 1.93. The van der Waals surface area contributed by atoms with Gasteiger partial charge in [0.1, 0.15) is 0 Å². The van der Waals surface area contributed by atoms with E-state index in [-0.39, 0.29) is 0 Å². The van der Waals surface area contributed by atoms with Gasteiger partial charge in [-0.1, -0.05) is 17.9 Å². The highest BCUT2D eigenvalue weighted by Crippen LogP contribution is 2.28. The molecule has 0 saturated heterocycles. The summed E-state index contributed by atoms with van der Waals surface area (Å²) in [6, 6.07) is 0.474. The molecule has 1 aliphatic carbocycles. The molecule has 0 aliphatic heterocycles. The molecular weight excluding hydrogens is 178 g/mol. The van der Waals surface area contributed by atoms with E-state index in [9.17, 15) is 0 Å². The van der Waals surface area contributed by atoms with Crippen molar-refractivity contribution in [3.05, 3.63) is 0 Å². The van der Waals surface area contributed by atoms with Crippen molar-refractivity contribution in [1.82, 2.24) is 20.2 Å². The summed E-state index contributed by atoms with van der Waals surface area (Å²) in [6.45, 7) is 2.21. The van der Waals surface area contributed by atoms with E-state index in [0.717, 1.165) is 11.9 Å². The number of hydrogen-bond acceptors (Lipinski definition) is 4. The lowest BCUT2D eigenvalue weighted by molar-refractivity contribution is 0.478. The number of nitrogens with zero attached hydrogens (tertiary/aromatic N) is 4.